The second-order valence-corrected chi connectivity index (χ2v) is 8.32. The number of sulfonamides is 1. The standard InChI is InChI=1S/C15H15Br2NO2S/c1-10-3-6-14(17)9-15(10)21(19,20)18-11(2)12-4-7-13(16)8-5-12/h3-9,11,18H,1-2H3/t11-/m1/s1. The van der Waals surface area contributed by atoms with Crippen molar-refractivity contribution in [3.63, 3.8) is 0 Å². The minimum atomic E-state index is -3.56. The highest BCUT2D eigenvalue weighted by Crippen LogP contribution is 2.23. The molecule has 112 valence electrons. The first-order chi connectivity index (χ1) is 9.79. The average molecular weight is 433 g/mol. The molecule has 2 aromatic carbocycles. The summed E-state index contributed by atoms with van der Waals surface area (Å²) < 4.78 is 29.4. The zero-order valence-corrected chi connectivity index (χ0v) is 15.6. The van der Waals surface area contributed by atoms with Crippen LogP contribution in [0, 0.1) is 6.92 Å². The lowest BCUT2D eigenvalue weighted by Gasteiger charge is -2.16. The predicted molar refractivity (Wildman–Crippen MR) is 91.8 cm³/mol. The molecular weight excluding hydrogens is 418 g/mol. The Labute approximate surface area is 142 Å². The smallest absolute Gasteiger partial charge is 0.207 e. The second kappa shape index (κ2) is 6.60. The Kier molecular flexibility index (Phi) is 5.24. The monoisotopic (exact) mass is 431 g/mol. The molecule has 1 atom stereocenters. The van der Waals surface area contributed by atoms with Gasteiger partial charge >= 0.3 is 0 Å². The lowest BCUT2D eigenvalue weighted by molar-refractivity contribution is 0.566. The molecule has 21 heavy (non-hydrogen) atoms. The van der Waals surface area contributed by atoms with E-state index in [0.717, 1.165) is 14.5 Å². The van der Waals surface area contributed by atoms with E-state index >= 15 is 0 Å². The molecule has 0 aliphatic carbocycles. The van der Waals surface area contributed by atoms with Crippen LogP contribution in [0.4, 0.5) is 0 Å². The molecule has 2 rings (SSSR count). The van der Waals surface area contributed by atoms with Crippen LogP contribution >= 0.6 is 31.9 Å². The zero-order valence-electron chi connectivity index (χ0n) is 11.6. The van der Waals surface area contributed by atoms with Gasteiger partial charge in [0.05, 0.1) is 4.90 Å². The Morgan fingerprint density at radius 3 is 2.19 bits per heavy atom. The lowest BCUT2D eigenvalue weighted by atomic mass is 10.1. The van der Waals surface area contributed by atoms with Crippen LogP contribution < -0.4 is 4.72 Å². The largest absolute Gasteiger partial charge is 0.241 e. The fourth-order valence-corrected chi connectivity index (χ4v) is 4.26. The highest BCUT2D eigenvalue weighted by Gasteiger charge is 2.20. The van der Waals surface area contributed by atoms with Crippen LogP contribution in [-0.4, -0.2) is 8.42 Å². The highest BCUT2D eigenvalue weighted by molar-refractivity contribution is 9.10. The van der Waals surface area contributed by atoms with Gasteiger partial charge in [0.1, 0.15) is 0 Å². The van der Waals surface area contributed by atoms with Crippen LogP contribution in [0.5, 0.6) is 0 Å². The average Bonchev–Trinajstić information content (AvgIpc) is 2.41. The van der Waals surface area contributed by atoms with Gasteiger partial charge in [-0.3, -0.25) is 0 Å². The normalized spacial score (nSPS) is 13.1. The minimum absolute atomic E-state index is 0.292. The van der Waals surface area contributed by atoms with Gasteiger partial charge in [-0.25, -0.2) is 13.1 Å². The van der Waals surface area contributed by atoms with Crippen molar-refractivity contribution in [1.29, 1.82) is 0 Å². The molecule has 0 unspecified atom stereocenters. The van der Waals surface area contributed by atoms with Crippen molar-refractivity contribution in [2.75, 3.05) is 0 Å². The molecule has 1 N–H and O–H groups in total. The van der Waals surface area contributed by atoms with Gasteiger partial charge in [-0.1, -0.05) is 50.1 Å². The van der Waals surface area contributed by atoms with Crippen molar-refractivity contribution >= 4 is 41.9 Å². The molecule has 0 aliphatic heterocycles. The molecule has 0 saturated heterocycles. The van der Waals surface area contributed by atoms with Gasteiger partial charge in [0.2, 0.25) is 10.0 Å². The quantitative estimate of drug-likeness (QED) is 0.769. The topological polar surface area (TPSA) is 46.2 Å². The second-order valence-electron chi connectivity index (χ2n) is 4.80. The van der Waals surface area contributed by atoms with E-state index < -0.39 is 10.0 Å². The maximum Gasteiger partial charge on any atom is 0.241 e. The van der Waals surface area contributed by atoms with E-state index in [1.54, 1.807) is 19.1 Å². The summed E-state index contributed by atoms with van der Waals surface area (Å²) in [7, 11) is -3.56. The number of nitrogens with one attached hydrogen (secondary N) is 1. The van der Waals surface area contributed by atoms with Gasteiger partial charge in [-0.2, -0.15) is 0 Å². The van der Waals surface area contributed by atoms with Gasteiger partial charge in [0.25, 0.3) is 0 Å². The van der Waals surface area contributed by atoms with E-state index in [0.29, 0.717) is 10.5 Å². The summed E-state index contributed by atoms with van der Waals surface area (Å²) in [6, 6.07) is 12.5. The van der Waals surface area contributed by atoms with Crippen molar-refractivity contribution in [2.24, 2.45) is 0 Å². The molecular formula is C15H15Br2NO2S. The molecule has 6 heteroatoms. The fourth-order valence-electron chi connectivity index (χ4n) is 1.98. The molecule has 0 aromatic heterocycles. The summed E-state index contributed by atoms with van der Waals surface area (Å²) in [5, 5.41) is 0. The van der Waals surface area contributed by atoms with Crippen molar-refractivity contribution in [3.8, 4) is 0 Å². The predicted octanol–water partition coefficient (Wildman–Crippen LogP) is 4.56. The molecule has 0 fully saturated rings. The number of halogens is 2. The minimum Gasteiger partial charge on any atom is -0.207 e. The lowest BCUT2D eigenvalue weighted by Crippen LogP contribution is -2.27. The third-order valence-corrected chi connectivity index (χ3v) is 5.85. The summed E-state index contributed by atoms with van der Waals surface area (Å²) in [6.07, 6.45) is 0. The summed E-state index contributed by atoms with van der Waals surface area (Å²) in [5.41, 5.74) is 1.63. The maximum atomic E-state index is 12.5. The van der Waals surface area contributed by atoms with E-state index in [1.165, 1.54) is 0 Å². The van der Waals surface area contributed by atoms with Gasteiger partial charge in [0.15, 0.2) is 0 Å². The van der Waals surface area contributed by atoms with E-state index in [-0.39, 0.29) is 6.04 Å². The van der Waals surface area contributed by atoms with Gasteiger partial charge in [-0.05, 0) is 49.2 Å². The first kappa shape index (κ1) is 16.7. The van der Waals surface area contributed by atoms with Crippen molar-refractivity contribution in [1.82, 2.24) is 4.72 Å². The Bertz CT molecular complexity index is 743. The number of rotatable bonds is 4. The molecule has 3 nitrogen and oxygen atoms in total. The number of benzene rings is 2. The SMILES string of the molecule is Cc1ccc(Br)cc1S(=O)(=O)N[C@H](C)c1ccc(Br)cc1. The van der Waals surface area contributed by atoms with Crippen molar-refractivity contribution < 1.29 is 8.42 Å². The fraction of sp³-hybridized carbons (Fsp3) is 0.200. The summed E-state index contributed by atoms with van der Waals surface area (Å²) in [6.45, 7) is 3.61. The number of aryl methyl sites for hydroxylation is 1. The molecule has 0 radical (unpaired) electrons. The number of hydrogen-bond acceptors (Lipinski definition) is 2. The van der Waals surface area contributed by atoms with Crippen LogP contribution in [0.2, 0.25) is 0 Å². The molecule has 0 heterocycles. The highest BCUT2D eigenvalue weighted by atomic mass is 79.9. The van der Waals surface area contributed by atoms with E-state index in [9.17, 15) is 8.42 Å². The Balaban J connectivity index is 2.28. The van der Waals surface area contributed by atoms with E-state index in [2.05, 4.69) is 36.6 Å². The molecule has 0 amide bonds. The third-order valence-electron chi connectivity index (χ3n) is 3.14. The van der Waals surface area contributed by atoms with Crippen LogP contribution in [0.15, 0.2) is 56.3 Å². The summed E-state index contributed by atoms with van der Waals surface area (Å²) in [5.74, 6) is 0. The zero-order chi connectivity index (χ0) is 15.6. The molecule has 2 aromatic rings. The summed E-state index contributed by atoms with van der Waals surface area (Å²) in [4.78, 5) is 0.292. The molecule has 0 aliphatic rings. The van der Waals surface area contributed by atoms with Crippen molar-refractivity contribution in [3.05, 3.63) is 62.5 Å². The molecule has 0 spiro atoms. The molecule has 0 saturated carbocycles. The van der Waals surface area contributed by atoms with Gasteiger partial charge < -0.3 is 0 Å². The van der Waals surface area contributed by atoms with Gasteiger partial charge in [-0.15, -0.1) is 0 Å². The van der Waals surface area contributed by atoms with Crippen LogP contribution in [0.25, 0.3) is 0 Å². The Morgan fingerprint density at radius 1 is 1.00 bits per heavy atom. The Morgan fingerprint density at radius 2 is 1.57 bits per heavy atom. The third kappa shape index (κ3) is 4.16. The van der Waals surface area contributed by atoms with Crippen LogP contribution in [0.1, 0.15) is 24.1 Å². The first-order valence-corrected chi connectivity index (χ1v) is 9.40. The first-order valence-electron chi connectivity index (χ1n) is 6.33. The van der Waals surface area contributed by atoms with E-state index in [4.69, 9.17) is 0 Å². The number of hydrogen-bond donors (Lipinski definition) is 1. The molecule has 0 bridgehead atoms. The van der Waals surface area contributed by atoms with Crippen LogP contribution in [0.3, 0.4) is 0 Å². The maximum absolute atomic E-state index is 12.5. The van der Waals surface area contributed by atoms with E-state index in [1.807, 2.05) is 37.3 Å². The van der Waals surface area contributed by atoms with Crippen LogP contribution in [-0.2, 0) is 10.0 Å². The Hall–Kier alpha value is -0.690. The van der Waals surface area contributed by atoms with Gasteiger partial charge in [0, 0.05) is 15.0 Å². The van der Waals surface area contributed by atoms with Crippen molar-refractivity contribution in [2.45, 2.75) is 24.8 Å². The summed E-state index contributed by atoms with van der Waals surface area (Å²) >= 11 is 6.68.